The second kappa shape index (κ2) is 40.8. The van der Waals surface area contributed by atoms with E-state index in [2.05, 4.69) is 26.6 Å². The SMILES string of the molecule is C/C=C/C[C@@H](C)[C@@H](O)[C@H]1C(=O)N[C@@H](CC)C(=O)N(C)CC(=O)N(C)[C@@H]([C@@H](C)OCCCCNC(=O)N2CCOCC2)C(=O)N[C@@H](C(C)C)C(=O)N(C)[C@@H](CC(C)C)C(=O)N[C@@H](C)C(=O)N[C@H](C)C(=O)N(C)[C@@H](CC(C)C)C(=O)N(C)[C@H](CC(C)C)C(=O)N(C)[C@@H](C(C)C)C(=O)N1C. The second-order valence-electron chi connectivity index (χ2n) is 28.5. The van der Waals surface area contributed by atoms with Crippen LogP contribution in [0.4, 0.5) is 4.79 Å². The number of hydrogen-bond acceptors (Lipinski definition) is 15. The third kappa shape index (κ3) is 25.1. The molecule has 97 heavy (non-hydrogen) atoms. The van der Waals surface area contributed by atoms with Crippen LogP contribution in [-0.4, -0.2) is 283 Å². The molecule has 0 spiro atoms. The van der Waals surface area contributed by atoms with E-state index in [4.69, 9.17) is 9.47 Å². The van der Waals surface area contributed by atoms with Gasteiger partial charge in [-0.05, 0) is 108 Å². The predicted octanol–water partition coefficient (Wildman–Crippen LogP) is 2.45. The van der Waals surface area contributed by atoms with Crippen molar-refractivity contribution in [3.63, 3.8) is 0 Å². The van der Waals surface area contributed by atoms with E-state index in [1.54, 1.807) is 72.4 Å². The minimum Gasteiger partial charge on any atom is -0.390 e. The van der Waals surface area contributed by atoms with E-state index in [0.29, 0.717) is 45.7 Å². The fourth-order valence-electron chi connectivity index (χ4n) is 12.1. The molecule has 0 aromatic carbocycles. The van der Waals surface area contributed by atoms with E-state index in [-0.39, 0.29) is 62.5 Å². The van der Waals surface area contributed by atoms with Crippen LogP contribution in [0.1, 0.15) is 156 Å². The van der Waals surface area contributed by atoms with Crippen molar-refractivity contribution in [2.45, 2.75) is 228 Å². The molecule has 554 valence electrons. The molecule has 2 aliphatic rings. The quantitative estimate of drug-likeness (QED) is 0.0754. The third-order valence-corrected chi connectivity index (χ3v) is 18.3. The molecule has 6 N–H and O–H groups in total. The number of ether oxygens (including phenoxy) is 2. The Labute approximate surface area is 578 Å². The lowest BCUT2D eigenvalue weighted by molar-refractivity contribution is -0.157. The van der Waals surface area contributed by atoms with Crippen molar-refractivity contribution < 1.29 is 72.1 Å². The summed E-state index contributed by atoms with van der Waals surface area (Å²) in [6, 6.07) is -13.3. The zero-order valence-corrected chi connectivity index (χ0v) is 62.7. The Bertz CT molecular complexity index is 2670. The molecule has 2 heterocycles. The van der Waals surface area contributed by atoms with E-state index in [1.165, 1.54) is 82.8 Å². The van der Waals surface area contributed by atoms with Crippen molar-refractivity contribution in [2.24, 2.45) is 35.5 Å². The molecule has 2 rings (SSSR count). The molecule has 13 atom stereocenters. The standard InChI is InChI=1S/C69H123N13O15/c1-24-26-29-45(13)58(84)57-62(88)73-49(25-2)64(90)75(17)39-53(83)79(21)56(48(16)97-33-28-27-30-70-69(95)82-31-34-96-35-32-82)61(87)74-54(43(9)10)67(93)76(18)50(36-40(3)4)60(86)71-46(14)59(85)72-47(15)63(89)77(19)51(37-41(5)6)65(91)78(20)52(38-42(7)8)66(92)80(22)55(44(11)12)68(94)81(57)23/h24,26,40-52,54-58,84H,25,27-39H2,1-23H3,(H,70,95)(H,71,86)(H,72,85)(H,73,88)(H,74,87)/b26-24+/t45-,46+,47-,48-,49+,50+,51+,52-,54+,55+,56+,57+,58-/m1/s1. The molecular formula is C69H123N13O15. The molecule has 28 heteroatoms. The van der Waals surface area contributed by atoms with E-state index in [9.17, 15) is 48.3 Å². The lowest BCUT2D eigenvalue weighted by Crippen LogP contribution is -2.63. The molecule has 0 unspecified atom stereocenters. The summed E-state index contributed by atoms with van der Waals surface area (Å²) in [7, 11) is 9.75. The first kappa shape index (κ1) is 86.1. The average Bonchev–Trinajstić information content (AvgIpc) is 0.816. The molecule has 0 radical (unpaired) electrons. The van der Waals surface area contributed by atoms with Gasteiger partial charge in [0.15, 0.2) is 0 Å². The number of allylic oxidation sites excluding steroid dienone is 2. The fraction of sp³-hybridized carbons (Fsp3) is 0.797. The van der Waals surface area contributed by atoms with Gasteiger partial charge in [0.1, 0.15) is 60.4 Å². The summed E-state index contributed by atoms with van der Waals surface area (Å²) >= 11 is 0. The highest BCUT2D eigenvalue weighted by Crippen LogP contribution is 2.26. The second-order valence-corrected chi connectivity index (χ2v) is 28.5. The van der Waals surface area contributed by atoms with Crippen LogP contribution in [0, 0.1) is 35.5 Å². The first-order valence-corrected chi connectivity index (χ1v) is 34.8. The highest BCUT2D eigenvalue weighted by Gasteiger charge is 2.46. The zero-order chi connectivity index (χ0) is 74.2. The number of aliphatic hydroxyl groups is 1. The van der Waals surface area contributed by atoms with Gasteiger partial charge in [0.2, 0.25) is 65.0 Å². The van der Waals surface area contributed by atoms with Crippen LogP contribution in [0.3, 0.4) is 0 Å². The molecule has 0 aromatic heterocycles. The largest absolute Gasteiger partial charge is 0.390 e. The number of urea groups is 1. The van der Waals surface area contributed by atoms with Crippen molar-refractivity contribution in [1.29, 1.82) is 0 Å². The van der Waals surface area contributed by atoms with E-state index in [1.807, 2.05) is 41.5 Å². The minimum absolute atomic E-state index is 0.0243. The van der Waals surface area contributed by atoms with Gasteiger partial charge >= 0.3 is 6.03 Å². The van der Waals surface area contributed by atoms with Crippen molar-refractivity contribution in [3.05, 3.63) is 12.2 Å². The number of nitrogens with one attached hydrogen (secondary N) is 5. The van der Waals surface area contributed by atoms with Crippen LogP contribution in [0.25, 0.3) is 0 Å². The molecule has 13 amide bonds. The molecule has 2 saturated heterocycles. The lowest BCUT2D eigenvalue weighted by Gasteiger charge is -2.41. The monoisotopic (exact) mass is 1370 g/mol. The highest BCUT2D eigenvalue weighted by atomic mass is 16.5. The summed E-state index contributed by atoms with van der Waals surface area (Å²) in [5.74, 6) is -10.4. The molecule has 2 fully saturated rings. The van der Waals surface area contributed by atoms with Gasteiger partial charge in [0.05, 0.1) is 32.0 Å². The number of carbonyl (C=O) groups is 12. The van der Waals surface area contributed by atoms with Crippen LogP contribution in [0.5, 0.6) is 0 Å². The molecule has 0 bridgehead atoms. The van der Waals surface area contributed by atoms with Crippen molar-refractivity contribution in [1.82, 2.24) is 65.8 Å². The summed E-state index contributed by atoms with van der Waals surface area (Å²) in [5, 5.41) is 26.1. The number of nitrogens with zero attached hydrogens (tertiary/aromatic N) is 8. The summed E-state index contributed by atoms with van der Waals surface area (Å²) in [6.45, 7) is 29.1. The third-order valence-electron chi connectivity index (χ3n) is 18.3. The van der Waals surface area contributed by atoms with Gasteiger partial charge < -0.3 is 80.4 Å². The number of rotatable bonds is 20. The summed E-state index contributed by atoms with van der Waals surface area (Å²) in [6.07, 6.45) is 2.54. The Hall–Kier alpha value is -6.94. The highest BCUT2D eigenvalue weighted by molar-refractivity contribution is 5.99. The first-order chi connectivity index (χ1) is 45.2. The smallest absolute Gasteiger partial charge is 0.317 e. The Balaban J connectivity index is 2.95. The minimum atomic E-state index is -1.65. The number of carbonyl (C=O) groups excluding carboxylic acids is 12. The van der Waals surface area contributed by atoms with Crippen molar-refractivity contribution in [3.8, 4) is 0 Å². The average molecular weight is 1370 g/mol. The first-order valence-electron chi connectivity index (χ1n) is 34.8. The molecule has 2 aliphatic heterocycles. The van der Waals surface area contributed by atoms with Gasteiger partial charge in [-0.3, -0.25) is 52.7 Å². The van der Waals surface area contributed by atoms with E-state index in [0.717, 1.165) is 14.7 Å². The van der Waals surface area contributed by atoms with Gasteiger partial charge in [-0.1, -0.05) is 95.2 Å². The maximum Gasteiger partial charge on any atom is 0.317 e. The zero-order valence-electron chi connectivity index (χ0n) is 62.7. The van der Waals surface area contributed by atoms with Crippen molar-refractivity contribution >= 4 is 71.0 Å². The van der Waals surface area contributed by atoms with Gasteiger partial charge in [0.25, 0.3) is 0 Å². The maximum atomic E-state index is 15.3. The predicted molar refractivity (Wildman–Crippen MR) is 369 cm³/mol. The van der Waals surface area contributed by atoms with Gasteiger partial charge in [-0.15, -0.1) is 0 Å². The van der Waals surface area contributed by atoms with E-state index >= 15 is 14.4 Å². The topological polar surface area (TPSA) is 330 Å². The number of hydrogen-bond donors (Lipinski definition) is 6. The van der Waals surface area contributed by atoms with Crippen LogP contribution in [0.2, 0.25) is 0 Å². The summed E-state index contributed by atoms with van der Waals surface area (Å²) < 4.78 is 11.6. The Morgan fingerprint density at radius 2 is 1.06 bits per heavy atom. The number of aliphatic hydroxyl groups excluding tert-OH is 1. The molecule has 0 aliphatic carbocycles. The maximum absolute atomic E-state index is 15.3. The van der Waals surface area contributed by atoms with Gasteiger partial charge in [0, 0.05) is 75.6 Å². The van der Waals surface area contributed by atoms with Crippen LogP contribution >= 0.6 is 0 Å². The Morgan fingerprint density at radius 1 is 0.567 bits per heavy atom. The summed E-state index contributed by atoms with van der Waals surface area (Å²) in [4.78, 5) is 185. The normalized spacial score (nSPS) is 26.2. The van der Waals surface area contributed by atoms with Crippen molar-refractivity contribution in [2.75, 3.05) is 95.3 Å². The van der Waals surface area contributed by atoms with Crippen LogP contribution in [0.15, 0.2) is 12.2 Å². The van der Waals surface area contributed by atoms with Gasteiger partial charge in [-0.2, -0.15) is 0 Å². The Morgan fingerprint density at radius 3 is 1.58 bits per heavy atom. The molecule has 0 saturated carbocycles. The fourth-order valence-corrected chi connectivity index (χ4v) is 12.1. The molecule has 0 aromatic rings. The number of unbranched alkanes of at least 4 members (excludes halogenated alkanes) is 1. The molecular weight excluding hydrogens is 1250 g/mol. The number of amides is 13. The van der Waals surface area contributed by atoms with Crippen LogP contribution in [-0.2, 0) is 62.2 Å². The van der Waals surface area contributed by atoms with Gasteiger partial charge in [-0.25, -0.2) is 4.79 Å². The Kier molecular flexibility index (Phi) is 36.3. The number of morpholine rings is 1. The van der Waals surface area contributed by atoms with E-state index < -0.39 is 162 Å². The molecule has 28 nitrogen and oxygen atoms in total. The van der Waals surface area contributed by atoms with Crippen LogP contribution < -0.4 is 26.6 Å². The summed E-state index contributed by atoms with van der Waals surface area (Å²) in [5.41, 5.74) is 0. The lowest BCUT2D eigenvalue weighted by atomic mass is 9.91. The number of likely N-dealkylation sites (N-methyl/N-ethyl adjacent to an activating group) is 7.